The number of hydrogen-bond donors (Lipinski definition) is 1. The highest BCUT2D eigenvalue weighted by Gasteiger charge is 2.43. The molecule has 0 atom stereocenters. The molecule has 74 valence electrons. The van der Waals surface area contributed by atoms with Crippen LogP contribution in [0.4, 0.5) is 11.4 Å². The molecule has 0 aromatic carbocycles. The van der Waals surface area contributed by atoms with Crippen molar-refractivity contribution < 1.29 is 0 Å². The maximum Gasteiger partial charge on any atom is 0.0765 e. The molecule has 1 saturated carbocycles. The molecule has 1 aliphatic heterocycles. The average Bonchev–Trinajstić information content (AvgIpc) is 2.16. The topological polar surface area (TPSA) is 28.2 Å². The molecule has 1 spiro atoms. The van der Waals surface area contributed by atoms with E-state index in [1.807, 2.05) is 12.4 Å². The second-order valence-electron chi connectivity index (χ2n) is 4.38. The van der Waals surface area contributed by atoms with Crippen molar-refractivity contribution in [2.75, 3.05) is 23.8 Å². The van der Waals surface area contributed by atoms with Crippen molar-refractivity contribution in [2.45, 2.75) is 24.8 Å². The summed E-state index contributed by atoms with van der Waals surface area (Å²) in [6.45, 7) is 1.07. The van der Waals surface area contributed by atoms with Gasteiger partial charge in [-0.25, -0.2) is 0 Å². The first-order chi connectivity index (χ1) is 6.82. The maximum absolute atomic E-state index is 4.13. The summed E-state index contributed by atoms with van der Waals surface area (Å²) in [7, 11) is 2.21. The van der Waals surface area contributed by atoms with Gasteiger partial charge in [0.05, 0.1) is 23.1 Å². The molecule has 0 unspecified atom stereocenters. The number of hydrogen-bond acceptors (Lipinski definition) is 3. The van der Waals surface area contributed by atoms with Crippen LogP contribution in [0.25, 0.3) is 0 Å². The molecule has 0 amide bonds. The van der Waals surface area contributed by atoms with Crippen molar-refractivity contribution in [3.8, 4) is 0 Å². The van der Waals surface area contributed by atoms with E-state index >= 15 is 0 Å². The largest absolute Gasteiger partial charge is 0.380 e. The number of rotatable bonds is 0. The van der Waals surface area contributed by atoms with Crippen LogP contribution >= 0.6 is 0 Å². The van der Waals surface area contributed by atoms with Crippen molar-refractivity contribution in [1.29, 1.82) is 0 Å². The monoisotopic (exact) mass is 189 g/mol. The van der Waals surface area contributed by atoms with Crippen LogP contribution in [-0.2, 0) is 0 Å². The van der Waals surface area contributed by atoms with E-state index in [9.17, 15) is 0 Å². The number of aromatic nitrogens is 1. The van der Waals surface area contributed by atoms with Gasteiger partial charge in [-0.05, 0) is 25.3 Å². The Balaban J connectivity index is 2.03. The summed E-state index contributed by atoms with van der Waals surface area (Å²) < 4.78 is 0. The molecule has 1 aliphatic carbocycles. The molecule has 2 heterocycles. The minimum atomic E-state index is 0.397. The first-order valence-corrected chi connectivity index (χ1v) is 5.24. The molecule has 1 aromatic rings. The number of pyridine rings is 1. The Hall–Kier alpha value is -1.25. The molecular weight excluding hydrogens is 174 g/mol. The fraction of sp³-hybridized carbons (Fsp3) is 0.545. The van der Waals surface area contributed by atoms with E-state index in [-0.39, 0.29) is 0 Å². The predicted molar refractivity (Wildman–Crippen MR) is 57.7 cm³/mol. The van der Waals surface area contributed by atoms with Crippen molar-refractivity contribution in [1.82, 2.24) is 4.98 Å². The lowest BCUT2D eigenvalue weighted by atomic mass is 9.74. The Labute approximate surface area is 84.1 Å². The van der Waals surface area contributed by atoms with E-state index in [1.54, 1.807) is 0 Å². The molecule has 3 heteroatoms. The number of nitrogens with zero attached hydrogens (tertiary/aromatic N) is 2. The Bertz CT molecular complexity index is 357. The Kier molecular flexibility index (Phi) is 1.52. The highest BCUT2D eigenvalue weighted by molar-refractivity contribution is 5.72. The predicted octanol–water partition coefficient (Wildman–Crippen LogP) is 1.87. The quantitative estimate of drug-likeness (QED) is 0.675. The molecule has 2 aliphatic rings. The summed E-state index contributed by atoms with van der Waals surface area (Å²) in [6.07, 6.45) is 7.79. The van der Waals surface area contributed by atoms with E-state index in [1.165, 1.54) is 30.6 Å². The van der Waals surface area contributed by atoms with Crippen LogP contribution in [0.1, 0.15) is 19.3 Å². The van der Waals surface area contributed by atoms with Gasteiger partial charge in [0, 0.05) is 19.8 Å². The summed E-state index contributed by atoms with van der Waals surface area (Å²) in [5.74, 6) is 0. The fourth-order valence-electron chi connectivity index (χ4n) is 2.55. The lowest BCUT2D eigenvalue weighted by molar-refractivity contribution is 0.248. The summed E-state index contributed by atoms with van der Waals surface area (Å²) in [5.41, 5.74) is 2.87. The molecule has 14 heavy (non-hydrogen) atoms. The standard InChI is InChI=1S/C11H15N3/c1-14-10-3-6-12-7-9(10)13-8-11(14)4-2-5-11/h3,6-7,13H,2,4-5,8H2,1H3. The van der Waals surface area contributed by atoms with Crippen molar-refractivity contribution >= 4 is 11.4 Å². The van der Waals surface area contributed by atoms with E-state index in [2.05, 4.69) is 28.3 Å². The molecular formula is C11H15N3. The number of fused-ring (bicyclic) bond motifs is 1. The summed E-state index contributed by atoms with van der Waals surface area (Å²) in [5, 5.41) is 3.48. The second-order valence-corrected chi connectivity index (χ2v) is 4.38. The minimum absolute atomic E-state index is 0.397. The van der Waals surface area contributed by atoms with Gasteiger partial charge in [-0.1, -0.05) is 0 Å². The minimum Gasteiger partial charge on any atom is -0.380 e. The molecule has 0 bridgehead atoms. The van der Waals surface area contributed by atoms with Gasteiger partial charge < -0.3 is 10.2 Å². The zero-order chi connectivity index (χ0) is 9.60. The second kappa shape index (κ2) is 2.62. The Morgan fingerprint density at radius 2 is 2.36 bits per heavy atom. The van der Waals surface area contributed by atoms with E-state index in [4.69, 9.17) is 0 Å². The molecule has 1 aromatic heterocycles. The number of anilines is 2. The van der Waals surface area contributed by atoms with Crippen molar-refractivity contribution in [2.24, 2.45) is 0 Å². The molecule has 3 rings (SSSR count). The van der Waals surface area contributed by atoms with Crippen LogP contribution < -0.4 is 10.2 Å². The van der Waals surface area contributed by atoms with Gasteiger partial charge in [0.25, 0.3) is 0 Å². The third kappa shape index (κ3) is 0.897. The van der Waals surface area contributed by atoms with Gasteiger partial charge in [0.2, 0.25) is 0 Å². The smallest absolute Gasteiger partial charge is 0.0765 e. The van der Waals surface area contributed by atoms with Gasteiger partial charge in [-0.2, -0.15) is 0 Å². The van der Waals surface area contributed by atoms with Gasteiger partial charge in [-0.3, -0.25) is 4.98 Å². The molecule has 3 nitrogen and oxygen atoms in total. The van der Waals surface area contributed by atoms with Crippen LogP contribution in [0.15, 0.2) is 18.5 Å². The summed E-state index contributed by atoms with van der Waals surface area (Å²) in [6, 6.07) is 2.10. The third-order valence-electron chi connectivity index (χ3n) is 3.76. The lowest BCUT2D eigenvalue weighted by Gasteiger charge is -2.53. The van der Waals surface area contributed by atoms with Gasteiger partial charge in [-0.15, -0.1) is 0 Å². The van der Waals surface area contributed by atoms with Crippen LogP contribution in [0.3, 0.4) is 0 Å². The lowest BCUT2D eigenvalue weighted by Crippen LogP contribution is -2.59. The Morgan fingerprint density at radius 3 is 3.07 bits per heavy atom. The highest BCUT2D eigenvalue weighted by Crippen LogP contribution is 2.44. The van der Waals surface area contributed by atoms with Crippen LogP contribution in [0.5, 0.6) is 0 Å². The van der Waals surface area contributed by atoms with E-state index in [0.717, 1.165) is 6.54 Å². The zero-order valence-electron chi connectivity index (χ0n) is 8.45. The normalized spacial score (nSPS) is 22.5. The highest BCUT2D eigenvalue weighted by atomic mass is 15.3. The Morgan fingerprint density at radius 1 is 1.50 bits per heavy atom. The van der Waals surface area contributed by atoms with Crippen LogP contribution in [0.2, 0.25) is 0 Å². The molecule has 1 fully saturated rings. The van der Waals surface area contributed by atoms with E-state index in [0.29, 0.717) is 5.54 Å². The molecule has 0 radical (unpaired) electrons. The third-order valence-corrected chi connectivity index (χ3v) is 3.76. The number of likely N-dealkylation sites (N-methyl/N-ethyl adjacent to an activating group) is 1. The first kappa shape index (κ1) is 8.09. The van der Waals surface area contributed by atoms with Crippen molar-refractivity contribution in [3.63, 3.8) is 0 Å². The van der Waals surface area contributed by atoms with Gasteiger partial charge in [0.15, 0.2) is 0 Å². The van der Waals surface area contributed by atoms with E-state index < -0.39 is 0 Å². The molecule has 0 saturated heterocycles. The first-order valence-electron chi connectivity index (χ1n) is 5.24. The fourth-order valence-corrected chi connectivity index (χ4v) is 2.55. The zero-order valence-corrected chi connectivity index (χ0v) is 8.45. The van der Waals surface area contributed by atoms with Crippen LogP contribution in [-0.4, -0.2) is 24.1 Å². The van der Waals surface area contributed by atoms with Gasteiger partial charge >= 0.3 is 0 Å². The average molecular weight is 189 g/mol. The van der Waals surface area contributed by atoms with Crippen molar-refractivity contribution in [3.05, 3.63) is 18.5 Å². The van der Waals surface area contributed by atoms with Gasteiger partial charge in [0.1, 0.15) is 0 Å². The number of nitrogens with one attached hydrogen (secondary N) is 1. The summed E-state index contributed by atoms with van der Waals surface area (Å²) >= 11 is 0. The summed E-state index contributed by atoms with van der Waals surface area (Å²) in [4.78, 5) is 6.57. The van der Waals surface area contributed by atoms with Crippen LogP contribution in [0, 0.1) is 0 Å². The maximum atomic E-state index is 4.13. The SMILES string of the molecule is CN1c2ccncc2NCC12CCC2. The molecule has 1 N–H and O–H groups in total.